The van der Waals surface area contributed by atoms with Gasteiger partial charge in [0.05, 0.1) is 0 Å². The lowest BCUT2D eigenvalue weighted by Gasteiger charge is -2.24. The number of rotatable bonds is 3. The Balaban J connectivity index is 2.53. The lowest BCUT2D eigenvalue weighted by Crippen LogP contribution is -2.16. The summed E-state index contributed by atoms with van der Waals surface area (Å²) in [6.45, 7) is 8.41. The molecule has 0 N–H and O–H groups in total. The monoisotopic (exact) mass is 289 g/mol. The average molecular weight is 290 g/mol. The van der Waals surface area contributed by atoms with Crippen LogP contribution in [0.15, 0.2) is 24.5 Å². The third-order valence-corrected chi connectivity index (χ3v) is 3.72. The number of aryl methyl sites for hydroxylation is 2. The third-order valence-electron chi connectivity index (χ3n) is 3.42. The van der Waals surface area contributed by atoms with Crippen LogP contribution in [0.2, 0.25) is 5.15 Å². The van der Waals surface area contributed by atoms with Crippen LogP contribution in [0.3, 0.4) is 0 Å². The van der Waals surface area contributed by atoms with Crippen molar-refractivity contribution in [2.45, 2.75) is 33.6 Å². The second-order valence-electron chi connectivity index (χ2n) is 5.41. The quantitative estimate of drug-likeness (QED) is 0.771. The number of benzene rings is 1. The van der Waals surface area contributed by atoms with Gasteiger partial charge in [-0.3, -0.25) is 0 Å². The van der Waals surface area contributed by atoms with Crippen LogP contribution in [0.25, 0.3) is 0 Å². The molecule has 20 heavy (non-hydrogen) atoms. The van der Waals surface area contributed by atoms with Gasteiger partial charge in [0.15, 0.2) is 0 Å². The summed E-state index contributed by atoms with van der Waals surface area (Å²) in [6.07, 6.45) is 1.52. The Morgan fingerprint density at radius 2 is 1.85 bits per heavy atom. The summed E-state index contributed by atoms with van der Waals surface area (Å²) in [7, 11) is 2.02. The Hall–Kier alpha value is -1.61. The Labute approximate surface area is 125 Å². The zero-order chi connectivity index (χ0) is 14.9. The van der Waals surface area contributed by atoms with Crippen molar-refractivity contribution in [1.82, 2.24) is 9.97 Å². The van der Waals surface area contributed by atoms with Crippen molar-refractivity contribution in [3.63, 3.8) is 0 Å². The van der Waals surface area contributed by atoms with E-state index in [-0.39, 0.29) is 5.92 Å². The molecule has 0 amide bonds. The second kappa shape index (κ2) is 5.80. The van der Waals surface area contributed by atoms with Crippen LogP contribution in [0.4, 0.5) is 11.5 Å². The molecule has 0 fully saturated rings. The first-order valence-corrected chi connectivity index (χ1v) is 7.11. The van der Waals surface area contributed by atoms with Crippen molar-refractivity contribution in [3.8, 4) is 0 Å². The van der Waals surface area contributed by atoms with Gasteiger partial charge < -0.3 is 4.90 Å². The Morgan fingerprint density at radius 3 is 2.45 bits per heavy atom. The normalized spacial score (nSPS) is 10.9. The van der Waals surface area contributed by atoms with E-state index in [0.717, 1.165) is 17.1 Å². The third kappa shape index (κ3) is 2.78. The predicted octanol–water partition coefficient (Wildman–Crippen LogP) is 4.64. The second-order valence-corrected chi connectivity index (χ2v) is 5.76. The SMILES string of the molecule is Cc1ccc(N(C)c2ncnc(Cl)c2C(C)C)c(C)c1. The summed E-state index contributed by atoms with van der Waals surface area (Å²) >= 11 is 6.24. The van der Waals surface area contributed by atoms with Gasteiger partial charge in [-0.15, -0.1) is 0 Å². The van der Waals surface area contributed by atoms with Crippen molar-refractivity contribution in [3.05, 3.63) is 46.4 Å². The summed E-state index contributed by atoms with van der Waals surface area (Å²) in [5.41, 5.74) is 4.59. The van der Waals surface area contributed by atoms with E-state index >= 15 is 0 Å². The first-order valence-electron chi connectivity index (χ1n) is 6.73. The molecule has 106 valence electrons. The van der Waals surface area contributed by atoms with Crippen LogP contribution in [0.1, 0.15) is 36.5 Å². The minimum absolute atomic E-state index is 0.270. The number of hydrogen-bond donors (Lipinski definition) is 0. The molecule has 0 radical (unpaired) electrons. The molecule has 0 unspecified atom stereocenters. The van der Waals surface area contributed by atoms with Crippen LogP contribution in [-0.2, 0) is 0 Å². The minimum atomic E-state index is 0.270. The van der Waals surface area contributed by atoms with Crippen molar-refractivity contribution in [2.75, 3.05) is 11.9 Å². The molecule has 2 rings (SSSR count). The van der Waals surface area contributed by atoms with E-state index in [1.165, 1.54) is 17.5 Å². The maximum Gasteiger partial charge on any atom is 0.141 e. The fraction of sp³-hybridized carbons (Fsp3) is 0.375. The zero-order valence-corrected chi connectivity index (χ0v) is 13.4. The summed E-state index contributed by atoms with van der Waals surface area (Å²) in [6, 6.07) is 6.39. The molecule has 0 bridgehead atoms. The molecule has 0 atom stereocenters. The predicted molar refractivity (Wildman–Crippen MR) is 85.1 cm³/mol. The van der Waals surface area contributed by atoms with Gasteiger partial charge in [0, 0.05) is 18.3 Å². The van der Waals surface area contributed by atoms with E-state index in [1.54, 1.807) is 0 Å². The first kappa shape index (κ1) is 14.8. The lowest BCUT2D eigenvalue weighted by atomic mass is 10.0. The van der Waals surface area contributed by atoms with E-state index < -0.39 is 0 Å². The molecule has 3 nitrogen and oxygen atoms in total. The Bertz CT molecular complexity index is 623. The molecule has 0 saturated carbocycles. The molecule has 1 aromatic carbocycles. The van der Waals surface area contributed by atoms with Gasteiger partial charge in [-0.1, -0.05) is 43.1 Å². The maximum absolute atomic E-state index is 6.24. The van der Waals surface area contributed by atoms with Crippen LogP contribution in [-0.4, -0.2) is 17.0 Å². The van der Waals surface area contributed by atoms with Gasteiger partial charge in [0.1, 0.15) is 17.3 Å². The molecule has 0 aliphatic rings. The molecular formula is C16H20ClN3. The number of nitrogens with zero attached hydrogens (tertiary/aromatic N) is 3. The van der Waals surface area contributed by atoms with E-state index in [2.05, 4.69) is 60.8 Å². The molecule has 0 spiro atoms. The Kier molecular flexibility index (Phi) is 4.29. The van der Waals surface area contributed by atoms with E-state index in [4.69, 9.17) is 11.6 Å². The number of hydrogen-bond acceptors (Lipinski definition) is 3. The average Bonchev–Trinajstić information content (AvgIpc) is 2.37. The summed E-state index contributed by atoms with van der Waals surface area (Å²) in [5, 5.41) is 0.529. The molecule has 0 aliphatic heterocycles. The van der Waals surface area contributed by atoms with E-state index in [1.807, 2.05) is 7.05 Å². The lowest BCUT2D eigenvalue weighted by molar-refractivity contribution is 0.839. The molecule has 0 saturated heterocycles. The van der Waals surface area contributed by atoms with Gasteiger partial charge in [-0.2, -0.15) is 0 Å². The van der Waals surface area contributed by atoms with Crippen molar-refractivity contribution in [2.24, 2.45) is 0 Å². The first-order chi connectivity index (χ1) is 9.41. The number of aromatic nitrogens is 2. The molecule has 2 aromatic rings. The number of anilines is 2. The summed E-state index contributed by atoms with van der Waals surface area (Å²) in [5.74, 6) is 1.14. The van der Waals surface area contributed by atoms with Crippen molar-refractivity contribution >= 4 is 23.1 Å². The van der Waals surface area contributed by atoms with E-state index in [9.17, 15) is 0 Å². The smallest absolute Gasteiger partial charge is 0.141 e. The van der Waals surface area contributed by atoms with Crippen LogP contribution in [0, 0.1) is 13.8 Å². The fourth-order valence-electron chi connectivity index (χ4n) is 2.43. The van der Waals surface area contributed by atoms with Crippen LogP contribution in [0.5, 0.6) is 0 Å². The Morgan fingerprint density at radius 1 is 1.15 bits per heavy atom. The van der Waals surface area contributed by atoms with Crippen molar-refractivity contribution in [1.29, 1.82) is 0 Å². The zero-order valence-electron chi connectivity index (χ0n) is 12.6. The topological polar surface area (TPSA) is 29.0 Å². The van der Waals surface area contributed by atoms with Gasteiger partial charge in [-0.05, 0) is 31.4 Å². The minimum Gasteiger partial charge on any atom is -0.329 e. The highest BCUT2D eigenvalue weighted by molar-refractivity contribution is 6.30. The highest BCUT2D eigenvalue weighted by Gasteiger charge is 2.18. The molecule has 0 aliphatic carbocycles. The van der Waals surface area contributed by atoms with E-state index in [0.29, 0.717) is 5.15 Å². The molecular weight excluding hydrogens is 270 g/mol. The summed E-state index contributed by atoms with van der Waals surface area (Å²) < 4.78 is 0. The maximum atomic E-state index is 6.24. The molecule has 4 heteroatoms. The van der Waals surface area contributed by atoms with Gasteiger partial charge in [-0.25, -0.2) is 9.97 Å². The molecule has 1 aromatic heterocycles. The van der Waals surface area contributed by atoms with Gasteiger partial charge in [0.2, 0.25) is 0 Å². The highest BCUT2D eigenvalue weighted by Crippen LogP contribution is 2.34. The summed E-state index contributed by atoms with van der Waals surface area (Å²) in [4.78, 5) is 10.6. The van der Waals surface area contributed by atoms with Gasteiger partial charge >= 0.3 is 0 Å². The van der Waals surface area contributed by atoms with Crippen molar-refractivity contribution < 1.29 is 0 Å². The van der Waals surface area contributed by atoms with Gasteiger partial charge in [0.25, 0.3) is 0 Å². The van der Waals surface area contributed by atoms with Crippen LogP contribution < -0.4 is 4.90 Å². The standard InChI is InChI=1S/C16H20ClN3/c1-10(2)14-15(17)18-9-19-16(14)20(5)13-7-6-11(3)8-12(13)4/h6-10H,1-5H3. The highest BCUT2D eigenvalue weighted by atomic mass is 35.5. The number of halogens is 1. The molecule has 1 heterocycles. The van der Waals surface area contributed by atoms with Crippen LogP contribution >= 0.6 is 11.6 Å². The largest absolute Gasteiger partial charge is 0.329 e. The fourth-order valence-corrected chi connectivity index (χ4v) is 2.77.